The number of carbonyl (C=O) groups is 2. The Labute approximate surface area is 150 Å². The summed E-state index contributed by atoms with van der Waals surface area (Å²) in [6.07, 6.45) is 0.611. The summed E-state index contributed by atoms with van der Waals surface area (Å²) in [5.74, 6) is -2.80. The van der Waals surface area contributed by atoms with Gasteiger partial charge >= 0.3 is 17.2 Å². The van der Waals surface area contributed by atoms with Gasteiger partial charge in [0.1, 0.15) is 13.2 Å². The number of carbonyl (C=O) groups excluding carboxylic acids is 2. The fraction of sp³-hybridized carbons (Fsp3) is 0.500. The number of rotatable bonds is 8. The molecule has 0 atom stereocenters. The van der Waals surface area contributed by atoms with Gasteiger partial charge in [0.15, 0.2) is 10.1 Å². The Balaban J connectivity index is 2.61. The van der Waals surface area contributed by atoms with Crippen molar-refractivity contribution in [3.05, 3.63) is 35.4 Å². The van der Waals surface area contributed by atoms with Crippen molar-refractivity contribution < 1.29 is 40.8 Å². The van der Waals surface area contributed by atoms with Crippen molar-refractivity contribution in [1.82, 2.24) is 0 Å². The van der Waals surface area contributed by atoms with E-state index in [4.69, 9.17) is 4.74 Å². The predicted octanol–water partition coefficient (Wildman–Crippen LogP) is 2.35. The number of halogens is 2. The van der Waals surface area contributed by atoms with E-state index in [1.807, 2.05) is 6.92 Å². The lowest BCUT2D eigenvalue weighted by Gasteiger charge is -2.20. The molecule has 1 aromatic carbocycles. The highest BCUT2D eigenvalue weighted by molar-refractivity contribution is 7.87. The molecule has 0 bridgehead atoms. The molecule has 0 aliphatic rings. The van der Waals surface area contributed by atoms with Gasteiger partial charge in [-0.1, -0.05) is 31.2 Å². The summed E-state index contributed by atoms with van der Waals surface area (Å²) < 4.78 is 66.2. The number of esters is 2. The van der Waals surface area contributed by atoms with E-state index < -0.39 is 33.4 Å². The van der Waals surface area contributed by atoms with Crippen LogP contribution in [-0.4, -0.2) is 30.2 Å². The quantitative estimate of drug-likeness (QED) is 0.492. The second-order valence-corrected chi connectivity index (χ2v) is 7.60. The maximum absolute atomic E-state index is 13.0. The summed E-state index contributed by atoms with van der Waals surface area (Å²) in [4.78, 5) is 22.9. The molecule has 0 fully saturated rings. The van der Waals surface area contributed by atoms with Crippen molar-refractivity contribution >= 4 is 22.1 Å². The summed E-state index contributed by atoms with van der Waals surface area (Å²) in [5.41, 5.74) is 0.288. The number of alkyl halides is 2. The molecule has 10 heteroatoms. The summed E-state index contributed by atoms with van der Waals surface area (Å²) >= 11 is 0. The summed E-state index contributed by atoms with van der Waals surface area (Å²) in [6, 6.07) is 5.90. The highest BCUT2D eigenvalue weighted by Crippen LogP contribution is 2.23. The van der Waals surface area contributed by atoms with Gasteiger partial charge < -0.3 is 14.0 Å². The Morgan fingerprint density at radius 1 is 1.00 bits per heavy atom. The molecule has 0 aromatic heterocycles. The molecule has 0 spiro atoms. The third-order valence-electron chi connectivity index (χ3n) is 3.75. The van der Waals surface area contributed by atoms with E-state index in [0.717, 1.165) is 0 Å². The van der Waals surface area contributed by atoms with Crippen LogP contribution in [0.3, 0.4) is 0 Å². The van der Waals surface area contributed by atoms with Gasteiger partial charge in [-0.3, -0.25) is 4.79 Å². The van der Waals surface area contributed by atoms with Crippen molar-refractivity contribution in [2.45, 2.75) is 45.7 Å². The zero-order chi connectivity index (χ0) is 20.2. The van der Waals surface area contributed by atoms with E-state index in [2.05, 4.69) is 4.74 Å². The zero-order valence-corrected chi connectivity index (χ0v) is 15.3. The molecule has 0 unspecified atom stereocenters. The third-order valence-corrected chi connectivity index (χ3v) is 4.55. The average molecular weight is 393 g/mol. The molecule has 0 radical (unpaired) electrons. The smallest absolute Gasteiger partial charge is 0.428 e. The Kier molecular flexibility index (Phi) is 6.83. The normalized spacial score (nSPS) is 12.5. The monoisotopic (exact) mass is 393 g/mol. The summed E-state index contributed by atoms with van der Waals surface area (Å²) in [5, 5.41) is -5.15. The number of hydrogen-bond donors (Lipinski definition) is 0. The van der Waals surface area contributed by atoms with Crippen molar-refractivity contribution in [3.63, 3.8) is 0 Å². The Hall–Kier alpha value is -2.07. The first-order valence-corrected chi connectivity index (χ1v) is 8.97. The number of ether oxygens (including phenoxy) is 2. The lowest BCUT2D eigenvalue weighted by molar-refractivity contribution is -0.163. The van der Waals surface area contributed by atoms with Crippen molar-refractivity contribution in [2.24, 2.45) is 5.41 Å². The molecular weight excluding hydrogens is 374 g/mol. The van der Waals surface area contributed by atoms with Gasteiger partial charge in [0.25, 0.3) is 0 Å². The highest BCUT2D eigenvalue weighted by Gasteiger charge is 2.48. The minimum Gasteiger partial charge on any atom is -0.743 e. The van der Waals surface area contributed by atoms with Gasteiger partial charge in [-0.15, -0.1) is 0 Å². The summed E-state index contributed by atoms with van der Waals surface area (Å²) in [6.45, 7) is 4.73. The lowest BCUT2D eigenvalue weighted by Crippen LogP contribution is -2.38. The van der Waals surface area contributed by atoms with Crippen LogP contribution in [0, 0.1) is 5.41 Å². The summed E-state index contributed by atoms with van der Waals surface area (Å²) in [7, 11) is -6.15. The maximum Gasteiger partial charge on any atom is 0.428 e. The molecule has 0 saturated carbocycles. The third kappa shape index (κ3) is 5.46. The Morgan fingerprint density at radius 3 is 1.73 bits per heavy atom. The molecule has 146 valence electrons. The average Bonchev–Trinajstić information content (AvgIpc) is 2.57. The minimum absolute atomic E-state index is 0.00876. The van der Waals surface area contributed by atoms with Crippen molar-refractivity contribution in [2.75, 3.05) is 0 Å². The van der Waals surface area contributed by atoms with E-state index >= 15 is 0 Å². The van der Waals surface area contributed by atoms with Crippen LogP contribution in [0.2, 0.25) is 0 Å². The van der Waals surface area contributed by atoms with Crippen LogP contribution < -0.4 is 0 Å². The first-order chi connectivity index (χ1) is 11.8. The van der Waals surface area contributed by atoms with Crippen LogP contribution >= 0.6 is 0 Å². The zero-order valence-electron chi connectivity index (χ0n) is 14.5. The molecule has 0 aliphatic heterocycles. The molecule has 1 aromatic rings. The molecule has 26 heavy (non-hydrogen) atoms. The molecule has 0 aliphatic carbocycles. The second kappa shape index (κ2) is 8.09. The second-order valence-electron chi connectivity index (χ2n) is 6.18. The van der Waals surface area contributed by atoms with Gasteiger partial charge in [0.05, 0.1) is 5.41 Å². The Morgan fingerprint density at radius 2 is 1.38 bits per heavy atom. The Bertz CT molecular complexity index is 755. The van der Waals surface area contributed by atoms with Gasteiger partial charge in [0, 0.05) is 0 Å². The van der Waals surface area contributed by atoms with E-state index in [1.165, 1.54) is 24.3 Å². The largest absolute Gasteiger partial charge is 0.743 e. The van der Waals surface area contributed by atoms with E-state index in [9.17, 15) is 31.3 Å². The lowest BCUT2D eigenvalue weighted by atomic mass is 9.91. The van der Waals surface area contributed by atoms with Gasteiger partial charge in [-0.25, -0.2) is 13.2 Å². The molecule has 0 heterocycles. The van der Waals surface area contributed by atoms with Crippen LogP contribution in [0.4, 0.5) is 8.78 Å². The van der Waals surface area contributed by atoms with E-state index in [-0.39, 0.29) is 18.1 Å². The van der Waals surface area contributed by atoms with Crippen LogP contribution in [0.25, 0.3) is 0 Å². The highest BCUT2D eigenvalue weighted by atomic mass is 32.2. The van der Waals surface area contributed by atoms with Crippen LogP contribution in [0.5, 0.6) is 0 Å². The molecule has 0 N–H and O–H groups in total. The first kappa shape index (κ1) is 22.0. The van der Waals surface area contributed by atoms with Gasteiger partial charge in [-0.05, 0) is 31.4 Å². The first-order valence-electron chi connectivity index (χ1n) is 7.57. The van der Waals surface area contributed by atoms with Gasteiger partial charge in [0.2, 0.25) is 0 Å². The van der Waals surface area contributed by atoms with Crippen molar-refractivity contribution in [3.8, 4) is 0 Å². The maximum atomic E-state index is 13.0. The van der Waals surface area contributed by atoms with Crippen molar-refractivity contribution in [1.29, 1.82) is 0 Å². The molecule has 1 rings (SSSR count). The molecular formula is C16H19F2O7S-. The number of benzene rings is 1. The fourth-order valence-corrected chi connectivity index (χ4v) is 1.82. The van der Waals surface area contributed by atoms with E-state index in [0.29, 0.717) is 12.0 Å². The predicted molar refractivity (Wildman–Crippen MR) is 84.8 cm³/mol. The molecule has 0 saturated heterocycles. The van der Waals surface area contributed by atoms with Crippen LogP contribution in [0.1, 0.15) is 38.3 Å². The fourth-order valence-electron chi connectivity index (χ4n) is 1.56. The minimum atomic E-state index is -6.15. The molecule has 0 amide bonds. The topological polar surface area (TPSA) is 110 Å². The van der Waals surface area contributed by atoms with Gasteiger partial charge in [-0.2, -0.15) is 8.78 Å². The van der Waals surface area contributed by atoms with Crippen LogP contribution in [0.15, 0.2) is 24.3 Å². The molecule has 7 nitrogen and oxygen atoms in total. The van der Waals surface area contributed by atoms with Crippen LogP contribution in [-0.2, 0) is 42.4 Å². The number of hydrogen-bond acceptors (Lipinski definition) is 7. The van der Waals surface area contributed by atoms with E-state index in [1.54, 1.807) is 13.8 Å². The standard InChI is InChI=1S/C16H20F2O7S/c1-4-15(2,3)13(19)24-9-11-5-7-12(8-6-11)10-25-14(20)16(17,18)26(21,22)23/h5-8H,4,9-10H2,1-3H3,(H,21,22,23)/p-1. The SMILES string of the molecule is CCC(C)(C)C(=O)OCc1ccc(COC(=O)C(F)(F)S(=O)(=O)[O-])cc1.